The minimum absolute atomic E-state index is 0.231. The lowest BCUT2D eigenvalue weighted by Crippen LogP contribution is -2.51. The van der Waals surface area contributed by atoms with Gasteiger partial charge >= 0.3 is 11.5 Å². The van der Waals surface area contributed by atoms with Crippen LogP contribution in [0.4, 0.5) is 5.95 Å². The van der Waals surface area contributed by atoms with Crippen molar-refractivity contribution < 1.29 is 14.0 Å². The average Bonchev–Trinajstić information content (AvgIpc) is 2.67. The van der Waals surface area contributed by atoms with Gasteiger partial charge in [0.25, 0.3) is 5.96 Å². The molecule has 8 nitrogen and oxygen atoms in total. The van der Waals surface area contributed by atoms with Crippen molar-refractivity contribution in [3.8, 4) is 11.5 Å². The van der Waals surface area contributed by atoms with Gasteiger partial charge in [0, 0.05) is 17.7 Å². The summed E-state index contributed by atoms with van der Waals surface area (Å²) in [6, 6.07) is 13.1. The van der Waals surface area contributed by atoms with Gasteiger partial charge in [0.15, 0.2) is 11.5 Å². The molecule has 1 atom stereocenters. The number of aromatic nitrogens is 2. The molecule has 3 aromatic rings. The van der Waals surface area contributed by atoms with Crippen molar-refractivity contribution in [2.24, 2.45) is 10.7 Å². The monoisotopic (exact) mass is 352 g/mol. The molecule has 0 unspecified atom stereocenters. The molecule has 1 aliphatic heterocycles. The fourth-order valence-corrected chi connectivity index (χ4v) is 3.14. The van der Waals surface area contributed by atoms with Gasteiger partial charge in [-0.25, -0.2) is 14.9 Å². The molecule has 26 heavy (non-hydrogen) atoms. The number of methoxy groups -OCH3 is 2. The van der Waals surface area contributed by atoms with E-state index in [2.05, 4.69) is 15.3 Å². The van der Waals surface area contributed by atoms with Crippen molar-refractivity contribution in [3.63, 3.8) is 0 Å². The quantitative estimate of drug-likeness (QED) is 0.613. The van der Waals surface area contributed by atoms with Crippen LogP contribution < -0.4 is 30.7 Å². The molecular formula is C18H18N5O3+. The molecule has 0 aliphatic carbocycles. The Morgan fingerprint density at radius 1 is 1.12 bits per heavy atom. The van der Waals surface area contributed by atoms with Gasteiger partial charge in [-0.1, -0.05) is 30.3 Å². The zero-order valence-electron chi connectivity index (χ0n) is 14.3. The highest BCUT2D eigenvalue weighted by molar-refractivity contribution is 5.91. The van der Waals surface area contributed by atoms with Crippen molar-refractivity contribution in [1.29, 1.82) is 0 Å². The lowest BCUT2D eigenvalue weighted by Gasteiger charge is -2.22. The Labute approximate surface area is 148 Å². The van der Waals surface area contributed by atoms with E-state index in [-0.39, 0.29) is 11.5 Å². The highest BCUT2D eigenvalue weighted by Gasteiger charge is 2.31. The maximum absolute atomic E-state index is 12.6. The van der Waals surface area contributed by atoms with Crippen LogP contribution in [0.5, 0.6) is 11.5 Å². The number of fused-ring (bicyclic) bond motifs is 3. The number of H-pyrrole nitrogens is 1. The summed E-state index contributed by atoms with van der Waals surface area (Å²) in [7, 11) is 3.08. The Morgan fingerprint density at radius 2 is 1.81 bits per heavy atom. The second kappa shape index (κ2) is 6.07. The molecule has 1 aromatic heterocycles. The van der Waals surface area contributed by atoms with Crippen LogP contribution in [0.25, 0.3) is 10.9 Å². The van der Waals surface area contributed by atoms with Crippen LogP contribution in [0.15, 0.2) is 52.3 Å². The van der Waals surface area contributed by atoms with Gasteiger partial charge in [-0.15, -0.1) is 0 Å². The average molecular weight is 352 g/mol. The van der Waals surface area contributed by atoms with Gasteiger partial charge in [0.05, 0.1) is 19.6 Å². The van der Waals surface area contributed by atoms with Crippen LogP contribution in [0, 0.1) is 0 Å². The number of ether oxygens (including phenoxy) is 2. The Balaban J connectivity index is 2.07. The molecule has 8 heteroatoms. The van der Waals surface area contributed by atoms with Crippen molar-refractivity contribution in [2.75, 3.05) is 19.5 Å². The van der Waals surface area contributed by atoms with Gasteiger partial charge in [-0.2, -0.15) is 4.99 Å². The lowest BCUT2D eigenvalue weighted by atomic mass is 10.1. The van der Waals surface area contributed by atoms with Crippen LogP contribution >= 0.6 is 0 Å². The predicted molar refractivity (Wildman–Crippen MR) is 97.7 cm³/mol. The van der Waals surface area contributed by atoms with Gasteiger partial charge in [0.1, 0.15) is 5.52 Å². The minimum Gasteiger partial charge on any atom is -0.493 e. The van der Waals surface area contributed by atoms with E-state index in [9.17, 15) is 4.79 Å². The first kappa shape index (κ1) is 15.9. The molecule has 0 fully saturated rings. The molecule has 1 aliphatic rings. The first-order chi connectivity index (χ1) is 12.6. The van der Waals surface area contributed by atoms with Gasteiger partial charge in [-0.3, -0.25) is 4.79 Å². The molecule has 2 heterocycles. The van der Waals surface area contributed by atoms with E-state index >= 15 is 0 Å². The summed E-state index contributed by atoms with van der Waals surface area (Å²) in [4.78, 5) is 19.9. The number of rotatable bonds is 3. The number of hydrogen-bond donors (Lipinski definition) is 3. The molecule has 0 amide bonds. The number of aliphatic imine (C=N–C) groups is 1. The Bertz CT molecular complexity index is 1080. The molecular weight excluding hydrogens is 334 g/mol. The Morgan fingerprint density at radius 3 is 2.50 bits per heavy atom. The smallest absolute Gasteiger partial charge is 0.367 e. The second-order valence-corrected chi connectivity index (χ2v) is 5.82. The molecule has 132 valence electrons. The summed E-state index contributed by atoms with van der Waals surface area (Å²) < 4.78 is 12.6. The third kappa shape index (κ3) is 2.43. The summed E-state index contributed by atoms with van der Waals surface area (Å²) in [6.45, 7) is 0. The predicted octanol–water partition coefficient (Wildman–Crippen LogP) is 1.12. The van der Waals surface area contributed by atoms with Crippen LogP contribution in [0.1, 0.15) is 11.7 Å². The third-order valence-electron chi connectivity index (χ3n) is 4.33. The summed E-state index contributed by atoms with van der Waals surface area (Å²) in [5.41, 5.74) is 7.26. The normalized spacial score (nSPS) is 15.8. The standard InChI is InChI=1S/C18H17N5O3/c1-25-13-8-11-12(9-14(13)26-2)23-15(10-6-4-3-5-7-10)20-17(19)22-18(23)21-16(11)24/h3-9,15H,1-2H3,(H3,19,20,21,22,24)/p+1/t15-/m0/s1. The molecule has 0 saturated heterocycles. The number of aromatic amines is 1. The minimum atomic E-state index is -0.426. The zero-order valence-corrected chi connectivity index (χ0v) is 14.3. The highest BCUT2D eigenvalue weighted by Crippen LogP contribution is 2.31. The topological polar surface area (TPSA) is 106 Å². The molecule has 0 saturated carbocycles. The Hall–Kier alpha value is -3.55. The SMILES string of the molecule is COc1cc2c(=O)[nH]c3[n+](c2cc1OC)[C@@H](c1ccccc1)N=C(N)N3. The number of anilines is 1. The second-order valence-electron chi connectivity index (χ2n) is 5.82. The van der Waals surface area contributed by atoms with Crippen molar-refractivity contribution in [1.82, 2.24) is 4.98 Å². The maximum atomic E-state index is 12.6. The van der Waals surface area contributed by atoms with Crippen LogP contribution in [0.3, 0.4) is 0 Å². The Kier molecular flexibility index (Phi) is 3.72. The van der Waals surface area contributed by atoms with E-state index in [0.717, 1.165) is 5.56 Å². The van der Waals surface area contributed by atoms with Gasteiger partial charge in [0.2, 0.25) is 6.17 Å². The number of benzene rings is 2. The molecule has 0 bridgehead atoms. The number of nitrogens with two attached hydrogens (primary N) is 1. The maximum Gasteiger partial charge on any atom is 0.367 e. The van der Waals surface area contributed by atoms with Crippen LogP contribution in [-0.2, 0) is 0 Å². The lowest BCUT2D eigenvalue weighted by molar-refractivity contribution is -0.677. The number of guanidine groups is 1. The van der Waals surface area contributed by atoms with Gasteiger partial charge in [-0.05, 0) is 0 Å². The zero-order chi connectivity index (χ0) is 18.3. The summed E-state index contributed by atoms with van der Waals surface area (Å²) in [6.07, 6.45) is -0.426. The third-order valence-corrected chi connectivity index (χ3v) is 4.33. The van der Waals surface area contributed by atoms with E-state index < -0.39 is 6.17 Å². The molecule has 0 radical (unpaired) electrons. The number of nitrogens with zero attached hydrogens (tertiary/aromatic N) is 2. The molecule has 4 rings (SSSR count). The fraction of sp³-hybridized carbons (Fsp3) is 0.167. The fourth-order valence-electron chi connectivity index (χ4n) is 3.14. The van der Waals surface area contributed by atoms with E-state index in [1.165, 1.54) is 7.11 Å². The summed E-state index contributed by atoms with van der Waals surface area (Å²) in [5.74, 6) is 1.69. The molecule has 0 spiro atoms. The van der Waals surface area contributed by atoms with E-state index in [4.69, 9.17) is 15.2 Å². The number of hydrogen-bond acceptors (Lipinski definition) is 6. The molecule has 4 N–H and O–H groups in total. The summed E-state index contributed by atoms with van der Waals surface area (Å²) >= 11 is 0. The van der Waals surface area contributed by atoms with Crippen LogP contribution in [-0.4, -0.2) is 25.2 Å². The van der Waals surface area contributed by atoms with Crippen molar-refractivity contribution >= 4 is 22.8 Å². The first-order valence-corrected chi connectivity index (χ1v) is 8.01. The largest absolute Gasteiger partial charge is 0.493 e. The molecule has 2 aromatic carbocycles. The summed E-state index contributed by atoms with van der Waals surface area (Å²) in [5, 5.41) is 3.38. The van der Waals surface area contributed by atoms with Crippen molar-refractivity contribution in [3.05, 3.63) is 58.4 Å². The first-order valence-electron chi connectivity index (χ1n) is 8.01. The van der Waals surface area contributed by atoms with Crippen molar-refractivity contribution in [2.45, 2.75) is 6.17 Å². The van der Waals surface area contributed by atoms with E-state index in [0.29, 0.717) is 28.4 Å². The van der Waals surface area contributed by atoms with E-state index in [1.807, 2.05) is 34.9 Å². The highest BCUT2D eigenvalue weighted by atomic mass is 16.5. The number of nitrogens with one attached hydrogen (secondary N) is 2. The van der Waals surface area contributed by atoms with Crippen LogP contribution in [0.2, 0.25) is 0 Å². The van der Waals surface area contributed by atoms with Gasteiger partial charge < -0.3 is 15.2 Å². The van der Waals surface area contributed by atoms with E-state index in [1.54, 1.807) is 19.2 Å².